The van der Waals surface area contributed by atoms with Crippen LogP contribution in [-0.2, 0) is 14.3 Å². The molecule has 2 amide bonds. The van der Waals surface area contributed by atoms with Crippen LogP contribution in [0.2, 0.25) is 0 Å². The zero-order chi connectivity index (χ0) is 15.8. The fraction of sp³-hybridized carbons (Fsp3) is 0.750. The van der Waals surface area contributed by atoms with E-state index in [0.717, 1.165) is 19.3 Å². The highest BCUT2D eigenvalue weighted by atomic mass is 16.5. The number of fused-ring (bicyclic) bond motifs is 1. The topological polar surface area (TPSA) is 76.7 Å². The molecule has 0 aromatic heterocycles. The molecular weight excluding hydrogens is 284 g/mol. The van der Waals surface area contributed by atoms with Crippen molar-refractivity contribution in [2.24, 2.45) is 17.8 Å². The molecule has 0 saturated heterocycles. The molecule has 1 fully saturated rings. The number of hydrogen-bond acceptors (Lipinski definition) is 4. The van der Waals surface area contributed by atoms with E-state index in [-0.39, 0.29) is 5.91 Å². The minimum Gasteiger partial charge on any atom is -0.449 e. The Morgan fingerprint density at radius 1 is 1.23 bits per heavy atom. The number of hydrogen-bond donors (Lipinski definition) is 2. The summed E-state index contributed by atoms with van der Waals surface area (Å²) >= 11 is 0. The molecule has 3 atom stereocenters. The van der Waals surface area contributed by atoms with Crippen LogP contribution in [0.15, 0.2) is 0 Å². The summed E-state index contributed by atoms with van der Waals surface area (Å²) in [5.41, 5.74) is 0. The SMILES string of the molecule is CNC(=O)CCOCCNC(=O)OCC1C2CC#CCCC21. The molecule has 0 spiro atoms. The van der Waals surface area contributed by atoms with Crippen LogP contribution in [0.3, 0.4) is 0 Å². The van der Waals surface area contributed by atoms with E-state index < -0.39 is 6.09 Å². The lowest BCUT2D eigenvalue weighted by Gasteiger charge is -2.07. The summed E-state index contributed by atoms with van der Waals surface area (Å²) in [6.45, 7) is 1.59. The first-order valence-electron chi connectivity index (χ1n) is 7.87. The Balaban J connectivity index is 1.46. The lowest BCUT2D eigenvalue weighted by molar-refractivity contribution is -0.121. The van der Waals surface area contributed by atoms with Gasteiger partial charge in [-0.25, -0.2) is 4.79 Å². The van der Waals surface area contributed by atoms with Crippen LogP contribution in [-0.4, -0.2) is 45.4 Å². The van der Waals surface area contributed by atoms with Gasteiger partial charge in [0, 0.05) is 38.8 Å². The Morgan fingerprint density at radius 3 is 2.91 bits per heavy atom. The van der Waals surface area contributed by atoms with E-state index in [1.165, 1.54) is 0 Å². The molecule has 2 N–H and O–H groups in total. The van der Waals surface area contributed by atoms with Crippen molar-refractivity contribution in [3.63, 3.8) is 0 Å². The molecule has 2 aliphatic rings. The van der Waals surface area contributed by atoms with Gasteiger partial charge in [0.25, 0.3) is 0 Å². The Kier molecular flexibility index (Phi) is 6.53. The molecule has 0 radical (unpaired) electrons. The van der Waals surface area contributed by atoms with Crippen molar-refractivity contribution in [2.75, 3.05) is 33.4 Å². The number of rotatable bonds is 8. The van der Waals surface area contributed by atoms with Crippen LogP contribution >= 0.6 is 0 Å². The van der Waals surface area contributed by atoms with Gasteiger partial charge in [-0.2, -0.15) is 0 Å². The highest BCUT2D eigenvalue weighted by Gasteiger charge is 2.49. The molecule has 0 bridgehead atoms. The first kappa shape index (κ1) is 16.6. The number of amides is 2. The van der Waals surface area contributed by atoms with Crippen molar-refractivity contribution in [1.82, 2.24) is 10.6 Å². The average molecular weight is 308 g/mol. The molecule has 6 heteroatoms. The Labute approximate surface area is 131 Å². The number of alkyl carbamates (subject to hydrolysis) is 1. The fourth-order valence-electron chi connectivity index (χ4n) is 2.86. The molecule has 122 valence electrons. The largest absolute Gasteiger partial charge is 0.449 e. The van der Waals surface area contributed by atoms with Gasteiger partial charge in [0.1, 0.15) is 0 Å². The van der Waals surface area contributed by atoms with Gasteiger partial charge < -0.3 is 20.1 Å². The Hall–Kier alpha value is -1.74. The summed E-state index contributed by atoms with van der Waals surface area (Å²) < 4.78 is 10.5. The van der Waals surface area contributed by atoms with E-state index in [9.17, 15) is 9.59 Å². The predicted molar refractivity (Wildman–Crippen MR) is 81.0 cm³/mol. The van der Waals surface area contributed by atoms with Gasteiger partial charge in [-0.15, -0.1) is 11.8 Å². The van der Waals surface area contributed by atoms with Gasteiger partial charge in [-0.3, -0.25) is 4.79 Å². The third kappa shape index (κ3) is 5.23. The average Bonchev–Trinajstić information content (AvgIpc) is 3.23. The molecule has 3 unspecified atom stereocenters. The minimum absolute atomic E-state index is 0.0567. The van der Waals surface area contributed by atoms with Crippen molar-refractivity contribution in [3.05, 3.63) is 0 Å². The molecule has 0 heterocycles. The van der Waals surface area contributed by atoms with Crippen molar-refractivity contribution < 1.29 is 19.1 Å². The summed E-state index contributed by atoms with van der Waals surface area (Å²) in [6, 6.07) is 0. The van der Waals surface area contributed by atoms with Crippen molar-refractivity contribution >= 4 is 12.0 Å². The fourth-order valence-corrected chi connectivity index (χ4v) is 2.86. The molecule has 6 nitrogen and oxygen atoms in total. The molecule has 0 aromatic carbocycles. The second-order valence-electron chi connectivity index (χ2n) is 5.65. The third-order valence-electron chi connectivity index (χ3n) is 4.25. The lowest BCUT2D eigenvalue weighted by Crippen LogP contribution is -2.29. The monoisotopic (exact) mass is 308 g/mol. The first-order chi connectivity index (χ1) is 10.7. The predicted octanol–water partition coefficient (Wildman–Crippen LogP) is 0.915. The molecule has 22 heavy (non-hydrogen) atoms. The van der Waals surface area contributed by atoms with Gasteiger partial charge in [0.2, 0.25) is 5.91 Å². The van der Waals surface area contributed by atoms with E-state index >= 15 is 0 Å². The van der Waals surface area contributed by atoms with E-state index in [2.05, 4.69) is 22.5 Å². The normalized spacial score (nSPS) is 25.0. The maximum absolute atomic E-state index is 11.6. The number of carbonyl (C=O) groups is 2. The summed E-state index contributed by atoms with van der Waals surface area (Å²) in [4.78, 5) is 22.5. The van der Waals surface area contributed by atoms with Crippen LogP contribution in [0.5, 0.6) is 0 Å². The number of carbonyl (C=O) groups excluding carboxylic acids is 2. The van der Waals surface area contributed by atoms with E-state index in [4.69, 9.17) is 9.47 Å². The molecule has 1 saturated carbocycles. The highest BCUT2D eigenvalue weighted by Crippen LogP contribution is 2.52. The van der Waals surface area contributed by atoms with Gasteiger partial charge in [-0.1, -0.05) is 0 Å². The van der Waals surface area contributed by atoms with E-state index in [1.807, 2.05) is 0 Å². The number of ether oxygens (including phenoxy) is 2. The van der Waals surface area contributed by atoms with Crippen molar-refractivity contribution in [3.8, 4) is 11.8 Å². The van der Waals surface area contributed by atoms with Gasteiger partial charge in [-0.05, 0) is 18.3 Å². The zero-order valence-electron chi connectivity index (χ0n) is 13.0. The quantitative estimate of drug-likeness (QED) is 0.516. The standard InChI is InChI=1S/C16H24N2O4/c1-17-15(19)7-9-21-10-8-18-16(20)22-11-14-12-5-3-2-4-6-13(12)14/h12-14H,3,5-11H2,1H3,(H,17,19)(H,18,20). The summed E-state index contributed by atoms with van der Waals surface area (Å²) in [5.74, 6) is 8.04. The minimum atomic E-state index is -0.401. The summed E-state index contributed by atoms with van der Waals surface area (Å²) in [6.07, 6.45) is 2.97. The highest BCUT2D eigenvalue weighted by molar-refractivity contribution is 5.75. The Morgan fingerprint density at radius 2 is 2.09 bits per heavy atom. The summed E-state index contributed by atoms with van der Waals surface area (Å²) in [7, 11) is 1.59. The van der Waals surface area contributed by atoms with Gasteiger partial charge in [0.15, 0.2) is 0 Å². The van der Waals surface area contributed by atoms with Crippen molar-refractivity contribution in [2.45, 2.75) is 25.7 Å². The maximum Gasteiger partial charge on any atom is 0.407 e. The molecular formula is C16H24N2O4. The molecule has 0 aliphatic heterocycles. The maximum atomic E-state index is 11.6. The van der Waals surface area contributed by atoms with Crippen LogP contribution < -0.4 is 10.6 Å². The second kappa shape index (κ2) is 8.64. The smallest absolute Gasteiger partial charge is 0.407 e. The van der Waals surface area contributed by atoms with Crippen LogP contribution in [0.4, 0.5) is 4.79 Å². The summed E-state index contributed by atoms with van der Waals surface area (Å²) in [5, 5.41) is 5.16. The van der Waals surface area contributed by atoms with Crippen LogP contribution in [0, 0.1) is 29.6 Å². The van der Waals surface area contributed by atoms with Crippen molar-refractivity contribution in [1.29, 1.82) is 0 Å². The van der Waals surface area contributed by atoms with E-state index in [1.54, 1.807) is 7.05 Å². The van der Waals surface area contributed by atoms with Crippen LogP contribution in [0.25, 0.3) is 0 Å². The Bertz CT molecular complexity index is 455. The lowest BCUT2D eigenvalue weighted by atomic mass is 10.2. The van der Waals surface area contributed by atoms with Crippen LogP contribution in [0.1, 0.15) is 25.7 Å². The zero-order valence-corrected chi connectivity index (χ0v) is 13.0. The third-order valence-corrected chi connectivity index (χ3v) is 4.25. The first-order valence-corrected chi connectivity index (χ1v) is 7.87. The van der Waals surface area contributed by atoms with Gasteiger partial charge in [0.05, 0.1) is 19.8 Å². The molecule has 2 aliphatic carbocycles. The van der Waals surface area contributed by atoms with Gasteiger partial charge >= 0.3 is 6.09 Å². The molecule has 2 rings (SSSR count). The number of nitrogens with one attached hydrogen (secondary N) is 2. The second-order valence-corrected chi connectivity index (χ2v) is 5.65. The molecule has 0 aromatic rings. The van der Waals surface area contributed by atoms with E-state index in [0.29, 0.717) is 50.5 Å².